The summed E-state index contributed by atoms with van der Waals surface area (Å²) in [5, 5.41) is 22.3. The standard InChI is InChI=1S/C25H24N6O3/c1-3-34-23-13-21-20(12-22(23)33-2)24(18(15-27)16-28-21)30-8-10-31(11-9-30)25(32)29-19-6-4-17(14-26)5-7-19/h4-7,12-13,16H,3,8-11H2,1-2H3,(H,29,32). The minimum atomic E-state index is -0.201. The number of anilines is 2. The van der Waals surface area contributed by atoms with E-state index in [1.54, 1.807) is 42.5 Å². The number of rotatable bonds is 5. The van der Waals surface area contributed by atoms with Crippen LogP contribution in [0.2, 0.25) is 0 Å². The van der Waals surface area contributed by atoms with Gasteiger partial charge in [-0.3, -0.25) is 4.98 Å². The molecule has 4 rings (SSSR count). The van der Waals surface area contributed by atoms with Gasteiger partial charge in [-0.25, -0.2) is 4.79 Å². The van der Waals surface area contributed by atoms with Crippen molar-refractivity contribution in [3.63, 3.8) is 0 Å². The first-order chi connectivity index (χ1) is 16.6. The minimum absolute atomic E-state index is 0.201. The van der Waals surface area contributed by atoms with Gasteiger partial charge in [0.05, 0.1) is 42.1 Å². The maximum atomic E-state index is 12.7. The lowest BCUT2D eigenvalue weighted by atomic mass is 10.1. The van der Waals surface area contributed by atoms with Crippen molar-refractivity contribution in [2.75, 3.05) is 50.1 Å². The summed E-state index contributed by atoms with van der Waals surface area (Å²) in [6.07, 6.45) is 1.57. The number of benzene rings is 2. The number of aromatic nitrogens is 1. The van der Waals surface area contributed by atoms with E-state index in [4.69, 9.17) is 14.7 Å². The van der Waals surface area contributed by atoms with Gasteiger partial charge in [0.15, 0.2) is 11.5 Å². The monoisotopic (exact) mass is 456 g/mol. The molecule has 1 N–H and O–H groups in total. The van der Waals surface area contributed by atoms with Gasteiger partial charge in [0, 0.05) is 49.5 Å². The molecule has 9 nitrogen and oxygen atoms in total. The van der Waals surface area contributed by atoms with Crippen molar-refractivity contribution in [1.29, 1.82) is 10.5 Å². The van der Waals surface area contributed by atoms with E-state index in [0.717, 1.165) is 11.1 Å². The first-order valence-corrected chi connectivity index (χ1v) is 10.9. The Hall–Kier alpha value is -4.50. The highest BCUT2D eigenvalue weighted by Gasteiger charge is 2.25. The lowest BCUT2D eigenvalue weighted by Gasteiger charge is -2.36. The van der Waals surface area contributed by atoms with Crippen molar-refractivity contribution in [3.05, 3.63) is 53.7 Å². The smallest absolute Gasteiger partial charge is 0.321 e. The molecular formula is C25H24N6O3. The molecule has 2 heterocycles. The number of ether oxygens (including phenoxy) is 2. The molecule has 0 unspecified atom stereocenters. The fraction of sp³-hybridized carbons (Fsp3) is 0.280. The number of methoxy groups -OCH3 is 1. The van der Waals surface area contributed by atoms with Crippen molar-refractivity contribution >= 4 is 28.3 Å². The highest BCUT2D eigenvalue weighted by Crippen LogP contribution is 2.37. The Morgan fingerprint density at radius 2 is 1.82 bits per heavy atom. The van der Waals surface area contributed by atoms with Crippen molar-refractivity contribution in [2.45, 2.75) is 6.92 Å². The number of fused-ring (bicyclic) bond motifs is 1. The molecule has 0 saturated carbocycles. The van der Waals surface area contributed by atoms with E-state index in [2.05, 4.69) is 27.3 Å². The Balaban J connectivity index is 1.54. The number of piperazine rings is 1. The predicted octanol–water partition coefficient (Wildman–Crippen LogP) is 3.74. The Labute approximate surface area is 197 Å². The van der Waals surface area contributed by atoms with Gasteiger partial charge in [-0.05, 0) is 37.3 Å². The van der Waals surface area contributed by atoms with Gasteiger partial charge in [-0.15, -0.1) is 0 Å². The van der Waals surface area contributed by atoms with Gasteiger partial charge in [0.25, 0.3) is 0 Å². The summed E-state index contributed by atoms with van der Waals surface area (Å²) >= 11 is 0. The van der Waals surface area contributed by atoms with Gasteiger partial charge in [-0.1, -0.05) is 0 Å². The zero-order valence-corrected chi connectivity index (χ0v) is 19.0. The van der Waals surface area contributed by atoms with Gasteiger partial charge in [0.2, 0.25) is 0 Å². The first kappa shape index (κ1) is 22.7. The van der Waals surface area contributed by atoms with Crippen LogP contribution in [0.4, 0.5) is 16.2 Å². The first-order valence-electron chi connectivity index (χ1n) is 10.9. The number of hydrogen-bond donors (Lipinski definition) is 1. The molecule has 34 heavy (non-hydrogen) atoms. The van der Waals surface area contributed by atoms with Crippen LogP contribution in [-0.2, 0) is 0 Å². The van der Waals surface area contributed by atoms with Crippen LogP contribution in [0, 0.1) is 22.7 Å². The largest absolute Gasteiger partial charge is 0.493 e. The lowest BCUT2D eigenvalue weighted by molar-refractivity contribution is 0.208. The number of urea groups is 1. The van der Waals surface area contributed by atoms with Crippen LogP contribution in [0.15, 0.2) is 42.6 Å². The van der Waals surface area contributed by atoms with Crippen molar-refractivity contribution in [2.24, 2.45) is 0 Å². The van der Waals surface area contributed by atoms with E-state index in [1.807, 2.05) is 19.1 Å². The fourth-order valence-corrected chi connectivity index (χ4v) is 4.00. The molecule has 0 aliphatic carbocycles. The number of pyridine rings is 1. The highest BCUT2D eigenvalue weighted by molar-refractivity contribution is 5.97. The maximum absolute atomic E-state index is 12.7. The highest BCUT2D eigenvalue weighted by atomic mass is 16.5. The second kappa shape index (κ2) is 9.97. The molecule has 0 atom stereocenters. The summed E-state index contributed by atoms with van der Waals surface area (Å²) in [4.78, 5) is 21.0. The molecule has 0 bridgehead atoms. The quantitative estimate of drug-likeness (QED) is 0.622. The predicted molar refractivity (Wildman–Crippen MR) is 128 cm³/mol. The number of nitrogens with one attached hydrogen (secondary N) is 1. The third-order valence-corrected chi connectivity index (χ3v) is 5.69. The Morgan fingerprint density at radius 3 is 2.44 bits per heavy atom. The summed E-state index contributed by atoms with van der Waals surface area (Å²) in [6, 6.07) is 14.5. The van der Waals surface area contributed by atoms with Crippen LogP contribution >= 0.6 is 0 Å². The van der Waals surface area contributed by atoms with Crippen LogP contribution in [0.3, 0.4) is 0 Å². The summed E-state index contributed by atoms with van der Waals surface area (Å²) < 4.78 is 11.2. The molecule has 1 aromatic heterocycles. The second-order valence-electron chi connectivity index (χ2n) is 7.68. The SMILES string of the molecule is CCOc1cc2ncc(C#N)c(N3CCN(C(=O)Nc4ccc(C#N)cc4)CC3)c2cc1OC. The molecule has 9 heteroatoms. The zero-order valence-electron chi connectivity index (χ0n) is 19.0. The normalized spacial score (nSPS) is 13.2. The Morgan fingerprint density at radius 1 is 1.09 bits per heavy atom. The van der Waals surface area contributed by atoms with E-state index in [-0.39, 0.29) is 6.03 Å². The molecule has 3 aromatic rings. The van der Waals surface area contributed by atoms with Crippen LogP contribution in [0.25, 0.3) is 10.9 Å². The van der Waals surface area contributed by atoms with Gasteiger partial charge in [0.1, 0.15) is 6.07 Å². The topological polar surface area (TPSA) is 115 Å². The number of nitriles is 2. The van der Waals surface area contributed by atoms with Gasteiger partial charge >= 0.3 is 6.03 Å². The molecule has 1 aliphatic heterocycles. The minimum Gasteiger partial charge on any atom is -0.493 e. The van der Waals surface area contributed by atoms with E-state index in [1.165, 1.54) is 0 Å². The lowest BCUT2D eigenvalue weighted by Crippen LogP contribution is -2.50. The van der Waals surface area contributed by atoms with E-state index in [0.29, 0.717) is 66.6 Å². The number of hydrogen-bond acceptors (Lipinski definition) is 7. The van der Waals surface area contributed by atoms with Crippen LogP contribution in [-0.4, -0.2) is 55.8 Å². The Kier molecular flexibility index (Phi) is 6.65. The summed E-state index contributed by atoms with van der Waals surface area (Å²) in [5.41, 5.74) is 3.12. The maximum Gasteiger partial charge on any atom is 0.321 e. The summed E-state index contributed by atoms with van der Waals surface area (Å²) in [6.45, 7) is 4.50. The Bertz CT molecular complexity index is 1290. The third kappa shape index (κ3) is 4.50. The third-order valence-electron chi connectivity index (χ3n) is 5.69. The zero-order chi connectivity index (χ0) is 24.1. The van der Waals surface area contributed by atoms with Crippen LogP contribution < -0.4 is 19.7 Å². The van der Waals surface area contributed by atoms with Crippen molar-refractivity contribution in [3.8, 4) is 23.6 Å². The molecule has 2 amide bonds. The average molecular weight is 457 g/mol. The second-order valence-corrected chi connectivity index (χ2v) is 7.68. The molecule has 1 aliphatic rings. The molecule has 1 fully saturated rings. The molecule has 0 radical (unpaired) electrons. The molecule has 0 spiro atoms. The fourth-order valence-electron chi connectivity index (χ4n) is 4.00. The average Bonchev–Trinajstić information content (AvgIpc) is 2.88. The van der Waals surface area contributed by atoms with E-state index in [9.17, 15) is 10.1 Å². The number of carbonyl (C=O) groups excluding carboxylic acids is 1. The number of nitrogens with zero attached hydrogens (tertiary/aromatic N) is 5. The van der Waals surface area contributed by atoms with E-state index >= 15 is 0 Å². The summed E-state index contributed by atoms with van der Waals surface area (Å²) in [5.74, 6) is 1.18. The number of carbonyl (C=O) groups is 1. The molecule has 1 saturated heterocycles. The number of amides is 2. The van der Waals surface area contributed by atoms with Gasteiger partial charge in [-0.2, -0.15) is 10.5 Å². The van der Waals surface area contributed by atoms with Crippen molar-refractivity contribution in [1.82, 2.24) is 9.88 Å². The van der Waals surface area contributed by atoms with Crippen LogP contribution in [0.1, 0.15) is 18.1 Å². The molecular weight excluding hydrogens is 432 g/mol. The van der Waals surface area contributed by atoms with Crippen LogP contribution in [0.5, 0.6) is 11.5 Å². The summed E-state index contributed by atoms with van der Waals surface area (Å²) in [7, 11) is 1.58. The van der Waals surface area contributed by atoms with Gasteiger partial charge < -0.3 is 24.6 Å². The van der Waals surface area contributed by atoms with E-state index < -0.39 is 0 Å². The van der Waals surface area contributed by atoms with Crippen molar-refractivity contribution < 1.29 is 14.3 Å². The molecule has 172 valence electrons. The molecule has 2 aromatic carbocycles.